The van der Waals surface area contributed by atoms with Gasteiger partial charge in [-0.05, 0) is 66.7 Å². The number of anilines is 1. The Morgan fingerprint density at radius 2 is 1.69 bits per heavy atom. The van der Waals surface area contributed by atoms with Gasteiger partial charge in [0.2, 0.25) is 0 Å². The Morgan fingerprint density at radius 1 is 0.933 bits per heavy atom. The number of amides is 2. The number of benzene rings is 4. The number of ether oxygens (including phenoxy) is 1. The number of nitrogens with zero attached hydrogens (tertiary/aromatic N) is 2. The number of carbonyl (C=O) groups excluding carboxylic acids is 3. The highest BCUT2D eigenvalue weighted by atomic mass is 79.9. The van der Waals surface area contributed by atoms with Crippen molar-refractivity contribution in [3.63, 3.8) is 0 Å². The lowest BCUT2D eigenvalue weighted by Gasteiger charge is -2.09. The highest BCUT2D eigenvalue weighted by Gasteiger charge is 2.20. The first kappa shape index (κ1) is 32.1. The van der Waals surface area contributed by atoms with Gasteiger partial charge in [-0.25, -0.2) is 10.2 Å². The molecule has 0 atom stereocenters. The summed E-state index contributed by atoms with van der Waals surface area (Å²) >= 11 is 22.8. The van der Waals surface area contributed by atoms with Crippen LogP contribution in [-0.4, -0.2) is 28.9 Å². The molecule has 0 radical (unpaired) electrons. The number of fused-ring (bicyclic) bond motifs is 1. The number of carbonyl (C=O) groups is 3. The number of nitrogens with one attached hydrogen (secondary N) is 2. The van der Waals surface area contributed by atoms with Crippen LogP contribution in [0.5, 0.6) is 5.75 Å². The van der Waals surface area contributed by atoms with E-state index in [-0.39, 0.29) is 37.5 Å². The van der Waals surface area contributed by atoms with Gasteiger partial charge in [0.15, 0.2) is 0 Å². The summed E-state index contributed by atoms with van der Waals surface area (Å²) in [6, 6.07) is 19.5. The molecule has 4 aromatic carbocycles. The zero-order valence-corrected chi connectivity index (χ0v) is 27.0. The largest absolute Gasteiger partial charge is 0.422 e. The third-order valence-electron chi connectivity index (χ3n) is 6.13. The van der Waals surface area contributed by atoms with Crippen molar-refractivity contribution in [3.05, 3.63) is 130 Å². The Hall–Kier alpha value is -4.33. The number of nitro groups is 1. The second kappa shape index (κ2) is 13.8. The highest BCUT2D eigenvalue weighted by molar-refractivity contribution is 9.10. The van der Waals surface area contributed by atoms with Gasteiger partial charge in [-0.3, -0.25) is 19.7 Å². The quantitative estimate of drug-likeness (QED) is 0.0535. The van der Waals surface area contributed by atoms with Crippen LogP contribution in [0, 0.1) is 10.1 Å². The molecule has 45 heavy (non-hydrogen) atoms. The molecular weight excluding hydrogens is 731 g/mol. The van der Waals surface area contributed by atoms with Crippen LogP contribution in [0.25, 0.3) is 10.1 Å². The second-order valence-electron chi connectivity index (χ2n) is 9.11. The molecule has 0 spiro atoms. The average molecular weight is 747 g/mol. The molecule has 0 aliphatic carbocycles. The molecule has 226 valence electrons. The lowest BCUT2D eigenvalue weighted by Crippen LogP contribution is -2.18. The fourth-order valence-electron chi connectivity index (χ4n) is 3.95. The van der Waals surface area contributed by atoms with Crippen molar-refractivity contribution < 1.29 is 24.0 Å². The van der Waals surface area contributed by atoms with Crippen molar-refractivity contribution in [1.82, 2.24) is 5.43 Å². The number of esters is 1. The van der Waals surface area contributed by atoms with Gasteiger partial charge < -0.3 is 10.1 Å². The van der Waals surface area contributed by atoms with Crippen LogP contribution >= 0.6 is 62.1 Å². The predicted octanol–water partition coefficient (Wildman–Crippen LogP) is 8.77. The smallest absolute Gasteiger partial charge is 0.345 e. The number of hydrazone groups is 1. The van der Waals surface area contributed by atoms with Crippen molar-refractivity contribution in [3.8, 4) is 5.75 Å². The van der Waals surface area contributed by atoms with Crippen LogP contribution in [0.3, 0.4) is 0 Å². The van der Waals surface area contributed by atoms with Crippen LogP contribution in [0.4, 0.5) is 11.4 Å². The van der Waals surface area contributed by atoms with E-state index in [4.69, 9.17) is 39.5 Å². The van der Waals surface area contributed by atoms with E-state index >= 15 is 0 Å². The van der Waals surface area contributed by atoms with E-state index < -0.39 is 22.7 Å². The van der Waals surface area contributed by atoms with Gasteiger partial charge in [0.25, 0.3) is 17.5 Å². The van der Waals surface area contributed by atoms with E-state index in [1.54, 1.807) is 18.2 Å². The van der Waals surface area contributed by atoms with Gasteiger partial charge in [0.1, 0.15) is 10.6 Å². The van der Waals surface area contributed by atoms with E-state index in [2.05, 4.69) is 31.8 Å². The molecule has 0 aliphatic rings. The van der Waals surface area contributed by atoms with Crippen molar-refractivity contribution in [2.45, 2.75) is 0 Å². The van der Waals surface area contributed by atoms with Gasteiger partial charge in [-0.2, -0.15) is 5.10 Å². The number of thiophene rings is 1. The van der Waals surface area contributed by atoms with Crippen molar-refractivity contribution >= 4 is 108 Å². The summed E-state index contributed by atoms with van der Waals surface area (Å²) in [6.07, 6.45) is 1.31. The maximum Gasteiger partial charge on any atom is 0.345 e. The van der Waals surface area contributed by atoms with E-state index in [0.29, 0.717) is 30.8 Å². The molecule has 15 heteroatoms. The average Bonchev–Trinajstić information content (AvgIpc) is 3.34. The molecule has 10 nitrogen and oxygen atoms in total. The molecular formula is C30H16BrCl3N4O6S. The molecule has 5 rings (SSSR count). The maximum absolute atomic E-state index is 12.9. The molecule has 0 saturated carbocycles. The van der Waals surface area contributed by atoms with Crippen LogP contribution in [-0.2, 0) is 0 Å². The first-order valence-electron chi connectivity index (χ1n) is 12.6. The second-order valence-corrected chi connectivity index (χ2v) is 12.3. The van der Waals surface area contributed by atoms with Crippen molar-refractivity contribution in [2.24, 2.45) is 5.10 Å². The van der Waals surface area contributed by atoms with Gasteiger partial charge in [0, 0.05) is 48.5 Å². The summed E-state index contributed by atoms with van der Waals surface area (Å²) in [6.45, 7) is 0. The molecule has 1 aromatic heterocycles. The molecule has 0 unspecified atom stereocenters. The zero-order valence-electron chi connectivity index (χ0n) is 22.3. The normalized spacial score (nSPS) is 11.0. The third-order valence-corrected chi connectivity index (χ3v) is 8.83. The molecule has 2 amide bonds. The lowest BCUT2D eigenvalue weighted by atomic mass is 10.2. The first-order chi connectivity index (χ1) is 21.5. The molecule has 1 heterocycles. The number of halogens is 4. The molecule has 5 aromatic rings. The Labute approximate surface area is 281 Å². The Kier molecular flexibility index (Phi) is 9.80. The minimum absolute atomic E-state index is 0.106. The summed E-state index contributed by atoms with van der Waals surface area (Å²) in [5.41, 5.74) is 3.44. The topological polar surface area (TPSA) is 140 Å². The number of nitro benzene ring substituents is 1. The third kappa shape index (κ3) is 7.49. The first-order valence-corrected chi connectivity index (χ1v) is 15.3. The summed E-state index contributed by atoms with van der Waals surface area (Å²) in [5, 5.41) is 19.0. The van der Waals surface area contributed by atoms with Gasteiger partial charge in [-0.1, -0.05) is 50.7 Å². The number of non-ortho nitro benzene ring substituents is 1. The van der Waals surface area contributed by atoms with E-state index in [1.807, 2.05) is 0 Å². The summed E-state index contributed by atoms with van der Waals surface area (Å²) < 4.78 is 6.69. The van der Waals surface area contributed by atoms with Gasteiger partial charge >= 0.3 is 5.97 Å². The van der Waals surface area contributed by atoms with Crippen LogP contribution in [0.2, 0.25) is 15.1 Å². The number of hydrogen-bond acceptors (Lipinski definition) is 8. The van der Waals surface area contributed by atoms with E-state index in [0.717, 1.165) is 11.3 Å². The minimum Gasteiger partial charge on any atom is -0.422 e. The van der Waals surface area contributed by atoms with Gasteiger partial charge in [-0.15, -0.1) is 11.3 Å². The maximum atomic E-state index is 12.9. The van der Waals surface area contributed by atoms with Gasteiger partial charge in [0.05, 0.1) is 26.7 Å². The zero-order chi connectivity index (χ0) is 32.2. The van der Waals surface area contributed by atoms with Crippen molar-refractivity contribution in [1.29, 1.82) is 0 Å². The fourth-order valence-corrected chi connectivity index (χ4v) is 6.26. The van der Waals surface area contributed by atoms with E-state index in [1.165, 1.54) is 66.9 Å². The molecule has 0 bridgehead atoms. The summed E-state index contributed by atoms with van der Waals surface area (Å²) in [5.74, 6) is -1.58. The van der Waals surface area contributed by atoms with E-state index in [9.17, 15) is 24.5 Å². The number of hydrogen-bond donors (Lipinski definition) is 2. The fraction of sp³-hybridized carbons (Fsp3) is 0. The summed E-state index contributed by atoms with van der Waals surface area (Å²) in [7, 11) is 0. The number of rotatable bonds is 8. The van der Waals surface area contributed by atoms with Crippen molar-refractivity contribution in [2.75, 3.05) is 5.32 Å². The molecule has 2 N–H and O–H groups in total. The van der Waals surface area contributed by atoms with Crippen LogP contribution in [0.15, 0.2) is 88.4 Å². The standard InChI is InChI=1S/C30H16BrCl3N4O6S/c31-17-3-10-24(44-30(41)21-8-4-18(32)12-23(21)33)16(11-17)14-35-37-28(39)15-1-5-19(6-2-15)36-29(40)27-26(34)22-9-7-20(38(42)43)13-25(22)45-27/h1-14H,(H,36,40)(H,37,39)/b35-14-. The molecule has 0 saturated heterocycles. The highest BCUT2D eigenvalue weighted by Crippen LogP contribution is 2.37. The van der Waals surface area contributed by atoms with Crippen LogP contribution in [0.1, 0.15) is 36.0 Å². The molecule has 0 fully saturated rings. The summed E-state index contributed by atoms with van der Waals surface area (Å²) in [4.78, 5) is 49.0. The Morgan fingerprint density at radius 3 is 2.40 bits per heavy atom. The molecule has 0 aliphatic heterocycles. The minimum atomic E-state index is -0.705. The lowest BCUT2D eigenvalue weighted by molar-refractivity contribution is -0.384. The Balaban J connectivity index is 1.23. The predicted molar refractivity (Wildman–Crippen MR) is 179 cm³/mol. The van der Waals surface area contributed by atoms with Crippen LogP contribution < -0.4 is 15.5 Å². The monoisotopic (exact) mass is 744 g/mol. The Bertz CT molecular complexity index is 2030. The SMILES string of the molecule is O=C(N/N=C\c1cc(Br)ccc1OC(=O)c1ccc(Cl)cc1Cl)c1ccc(NC(=O)c2sc3cc([N+](=O)[O-])ccc3c2Cl)cc1.